The van der Waals surface area contributed by atoms with Crippen molar-refractivity contribution < 1.29 is 13.5 Å². The summed E-state index contributed by atoms with van der Waals surface area (Å²) >= 11 is 1.58. The zero-order valence-electron chi connectivity index (χ0n) is 10.8. The Morgan fingerprint density at radius 2 is 2.11 bits per heavy atom. The Labute approximate surface area is 112 Å². The molecule has 0 aliphatic heterocycles. The molecule has 0 fully saturated rings. The van der Waals surface area contributed by atoms with Crippen LogP contribution in [0.4, 0.5) is 0 Å². The Bertz CT molecular complexity index is 497. The van der Waals surface area contributed by atoms with Gasteiger partial charge in [0.05, 0.1) is 24.5 Å². The molecule has 0 aliphatic carbocycles. The Hall–Kier alpha value is -0.570. The van der Waals surface area contributed by atoms with Gasteiger partial charge in [-0.2, -0.15) is 16.9 Å². The molecule has 0 radical (unpaired) electrons. The molecule has 0 saturated carbocycles. The van der Waals surface area contributed by atoms with E-state index in [9.17, 15) is 8.42 Å². The molecule has 1 rings (SSSR count). The minimum atomic E-state index is -3.52. The SMILES string of the molecule is CSCCNS(=O)(=O)c1c(C)nn(CCO)c1C. The van der Waals surface area contributed by atoms with Gasteiger partial charge in [0, 0.05) is 12.3 Å². The van der Waals surface area contributed by atoms with Crippen LogP contribution in [0.15, 0.2) is 4.90 Å². The molecule has 8 heteroatoms. The molecule has 0 atom stereocenters. The predicted octanol–water partition coefficient (Wildman–Crippen LogP) is 0.134. The number of nitrogens with zero attached hydrogens (tertiary/aromatic N) is 2. The first-order valence-electron chi connectivity index (χ1n) is 5.57. The quantitative estimate of drug-likeness (QED) is 0.698. The van der Waals surface area contributed by atoms with Gasteiger partial charge in [-0.3, -0.25) is 4.68 Å². The highest BCUT2D eigenvalue weighted by Gasteiger charge is 2.23. The average Bonchev–Trinajstić information content (AvgIpc) is 2.55. The van der Waals surface area contributed by atoms with Crippen molar-refractivity contribution >= 4 is 21.8 Å². The highest BCUT2D eigenvalue weighted by Crippen LogP contribution is 2.18. The minimum absolute atomic E-state index is 0.0681. The van der Waals surface area contributed by atoms with Gasteiger partial charge in [-0.05, 0) is 20.1 Å². The number of hydrogen-bond donors (Lipinski definition) is 2. The fraction of sp³-hybridized carbons (Fsp3) is 0.700. The zero-order chi connectivity index (χ0) is 13.8. The summed E-state index contributed by atoms with van der Waals surface area (Å²) in [4.78, 5) is 0.219. The van der Waals surface area contributed by atoms with E-state index < -0.39 is 10.0 Å². The molecule has 0 spiro atoms. The lowest BCUT2D eigenvalue weighted by molar-refractivity contribution is 0.267. The summed E-state index contributed by atoms with van der Waals surface area (Å²) in [6, 6.07) is 0. The number of rotatable bonds is 7. The van der Waals surface area contributed by atoms with Crippen LogP contribution in [0.3, 0.4) is 0 Å². The van der Waals surface area contributed by atoms with E-state index in [1.54, 1.807) is 25.6 Å². The summed E-state index contributed by atoms with van der Waals surface area (Å²) in [6.45, 7) is 3.98. The smallest absolute Gasteiger partial charge is 0.244 e. The summed E-state index contributed by atoms with van der Waals surface area (Å²) in [6.07, 6.45) is 1.92. The van der Waals surface area contributed by atoms with Crippen molar-refractivity contribution in [1.29, 1.82) is 0 Å². The molecule has 0 aliphatic rings. The molecule has 0 bridgehead atoms. The van der Waals surface area contributed by atoms with Crippen LogP contribution < -0.4 is 4.72 Å². The van der Waals surface area contributed by atoms with Crippen LogP contribution in [0.25, 0.3) is 0 Å². The second-order valence-corrected chi connectivity index (χ2v) is 6.53. The number of aliphatic hydroxyl groups excluding tert-OH is 1. The van der Waals surface area contributed by atoms with Crippen molar-refractivity contribution in [3.8, 4) is 0 Å². The molecule has 1 heterocycles. The molecular formula is C10H19N3O3S2. The molecule has 104 valence electrons. The summed E-state index contributed by atoms with van der Waals surface area (Å²) in [5.74, 6) is 0.724. The molecular weight excluding hydrogens is 274 g/mol. The van der Waals surface area contributed by atoms with Crippen LogP contribution in [0.1, 0.15) is 11.4 Å². The lowest BCUT2D eigenvalue weighted by Crippen LogP contribution is -2.27. The third-order valence-corrected chi connectivity index (χ3v) is 4.82. The van der Waals surface area contributed by atoms with Crippen LogP contribution in [0.2, 0.25) is 0 Å². The maximum absolute atomic E-state index is 12.1. The monoisotopic (exact) mass is 293 g/mol. The third-order valence-electron chi connectivity index (χ3n) is 2.49. The maximum atomic E-state index is 12.1. The lowest BCUT2D eigenvalue weighted by atomic mass is 10.4. The van der Waals surface area contributed by atoms with E-state index in [1.807, 2.05) is 6.26 Å². The van der Waals surface area contributed by atoms with Gasteiger partial charge in [0.15, 0.2) is 0 Å². The highest BCUT2D eigenvalue weighted by molar-refractivity contribution is 7.98. The minimum Gasteiger partial charge on any atom is -0.394 e. The largest absolute Gasteiger partial charge is 0.394 e. The van der Waals surface area contributed by atoms with Gasteiger partial charge < -0.3 is 5.11 Å². The third kappa shape index (κ3) is 3.47. The molecule has 0 unspecified atom stereocenters. The Morgan fingerprint density at radius 1 is 1.44 bits per heavy atom. The fourth-order valence-corrected chi connectivity index (χ4v) is 3.61. The lowest BCUT2D eigenvalue weighted by Gasteiger charge is -2.06. The van der Waals surface area contributed by atoms with Crippen LogP contribution >= 0.6 is 11.8 Å². The average molecular weight is 293 g/mol. The van der Waals surface area contributed by atoms with E-state index in [0.717, 1.165) is 5.75 Å². The molecule has 6 nitrogen and oxygen atoms in total. The van der Waals surface area contributed by atoms with Gasteiger partial charge >= 0.3 is 0 Å². The van der Waals surface area contributed by atoms with Crippen molar-refractivity contribution in [3.63, 3.8) is 0 Å². The molecule has 0 amide bonds. The van der Waals surface area contributed by atoms with Crippen molar-refractivity contribution in [2.75, 3.05) is 25.2 Å². The van der Waals surface area contributed by atoms with Gasteiger partial charge in [-0.1, -0.05) is 0 Å². The highest BCUT2D eigenvalue weighted by atomic mass is 32.2. The van der Waals surface area contributed by atoms with E-state index in [0.29, 0.717) is 24.5 Å². The van der Waals surface area contributed by atoms with Gasteiger partial charge in [0.1, 0.15) is 4.90 Å². The molecule has 1 aromatic rings. The summed E-state index contributed by atoms with van der Waals surface area (Å²) in [5, 5.41) is 13.0. The second kappa shape index (κ2) is 6.55. The molecule has 0 aromatic carbocycles. The number of hydrogen-bond acceptors (Lipinski definition) is 5. The summed E-state index contributed by atoms with van der Waals surface area (Å²) in [7, 11) is -3.52. The summed E-state index contributed by atoms with van der Waals surface area (Å²) < 4.78 is 28.3. The first-order chi connectivity index (χ1) is 8.44. The number of aryl methyl sites for hydroxylation is 1. The first-order valence-corrected chi connectivity index (χ1v) is 8.45. The zero-order valence-corrected chi connectivity index (χ0v) is 12.4. The number of nitrogens with one attached hydrogen (secondary N) is 1. The molecule has 18 heavy (non-hydrogen) atoms. The van der Waals surface area contributed by atoms with Crippen LogP contribution in [-0.2, 0) is 16.6 Å². The Kier molecular flexibility index (Phi) is 5.64. The molecule has 2 N–H and O–H groups in total. The van der Waals surface area contributed by atoms with Crippen molar-refractivity contribution in [2.45, 2.75) is 25.3 Å². The normalized spacial score (nSPS) is 12.0. The van der Waals surface area contributed by atoms with Gasteiger partial charge in [-0.15, -0.1) is 0 Å². The van der Waals surface area contributed by atoms with Crippen molar-refractivity contribution in [1.82, 2.24) is 14.5 Å². The maximum Gasteiger partial charge on any atom is 0.244 e. The van der Waals surface area contributed by atoms with E-state index >= 15 is 0 Å². The number of aliphatic hydroxyl groups is 1. The van der Waals surface area contributed by atoms with E-state index in [2.05, 4.69) is 9.82 Å². The fourth-order valence-electron chi connectivity index (χ4n) is 1.73. The van der Waals surface area contributed by atoms with Gasteiger partial charge in [-0.25, -0.2) is 13.1 Å². The van der Waals surface area contributed by atoms with Crippen molar-refractivity contribution in [3.05, 3.63) is 11.4 Å². The van der Waals surface area contributed by atoms with E-state index in [1.165, 1.54) is 4.68 Å². The Balaban J connectivity index is 3.01. The van der Waals surface area contributed by atoms with Crippen LogP contribution in [0.5, 0.6) is 0 Å². The predicted molar refractivity (Wildman–Crippen MR) is 72.4 cm³/mol. The van der Waals surface area contributed by atoms with E-state index in [-0.39, 0.29) is 11.5 Å². The van der Waals surface area contributed by atoms with Gasteiger partial charge in [0.2, 0.25) is 10.0 Å². The first kappa shape index (κ1) is 15.5. The molecule has 1 aromatic heterocycles. The van der Waals surface area contributed by atoms with Crippen LogP contribution in [-0.4, -0.2) is 48.5 Å². The Morgan fingerprint density at radius 3 is 2.67 bits per heavy atom. The number of thioether (sulfide) groups is 1. The van der Waals surface area contributed by atoms with E-state index in [4.69, 9.17) is 5.11 Å². The standard InChI is InChI=1S/C10H19N3O3S2/c1-8-10(9(2)13(12-8)5-6-14)18(15,16)11-4-7-17-3/h11,14H,4-7H2,1-3H3. The van der Waals surface area contributed by atoms with Crippen LogP contribution in [0, 0.1) is 13.8 Å². The molecule has 0 saturated heterocycles. The van der Waals surface area contributed by atoms with Gasteiger partial charge in [0.25, 0.3) is 0 Å². The number of sulfonamides is 1. The number of aromatic nitrogens is 2. The topological polar surface area (TPSA) is 84.2 Å². The van der Waals surface area contributed by atoms with Crippen molar-refractivity contribution in [2.24, 2.45) is 0 Å². The summed E-state index contributed by atoms with van der Waals surface area (Å²) in [5.41, 5.74) is 1.01. The second-order valence-electron chi connectivity index (χ2n) is 3.84.